The van der Waals surface area contributed by atoms with Crippen LogP contribution in [0.4, 0.5) is 0 Å². The highest BCUT2D eigenvalue weighted by Crippen LogP contribution is 2.29. The molecule has 0 aliphatic carbocycles. The van der Waals surface area contributed by atoms with Crippen molar-refractivity contribution in [2.45, 2.75) is 18.6 Å². The predicted molar refractivity (Wildman–Crippen MR) is 92.1 cm³/mol. The number of rotatable bonds is 4. The van der Waals surface area contributed by atoms with Gasteiger partial charge in [-0.2, -0.15) is 0 Å². The third-order valence-corrected chi connectivity index (χ3v) is 6.44. The maximum absolute atomic E-state index is 12.7. The van der Waals surface area contributed by atoms with Gasteiger partial charge in [-0.15, -0.1) is 0 Å². The highest BCUT2D eigenvalue weighted by atomic mass is 35.5. The van der Waals surface area contributed by atoms with E-state index in [1.54, 1.807) is 32.3 Å². The molecule has 0 saturated carbocycles. The first-order valence-electron chi connectivity index (χ1n) is 7.34. The number of halogens is 2. The van der Waals surface area contributed by atoms with Crippen LogP contribution in [-0.2, 0) is 20.6 Å². The average molecular weight is 379 g/mol. The van der Waals surface area contributed by atoms with Crippen LogP contribution in [0.25, 0.3) is 0 Å². The standard InChI is InChI=1S/C15H20Cl2N2O3S/c1-18(2)15(20)11-5-4-8-19(9-11)23(21,22)10-12-13(16)6-3-7-14(12)17/h3,6-7,11H,4-5,8-10H2,1-2H3. The van der Waals surface area contributed by atoms with E-state index in [1.165, 1.54) is 9.21 Å². The smallest absolute Gasteiger partial charge is 0.226 e. The van der Waals surface area contributed by atoms with Gasteiger partial charge in [-0.3, -0.25) is 4.79 Å². The lowest BCUT2D eigenvalue weighted by Crippen LogP contribution is -2.45. The molecule has 5 nitrogen and oxygen atoms in total. The molecule has 1 aliphatic rings. The highest BCUT2D eigenvalue weighted by Gasteiger charge is 2.33. The number of carbonyl (C=O) groups excluding carboxylic acids is 1. The van der Waals surface area contributed by atoms with Crippen LogP contribution in [0.2, 0.25) is 10.0 Å². The van der Waals surface area contributed by atoms with Gasteiger partial charge in [0, 0.05) is 42.8 Å². The van der Waals surface area contributed by atoms with Crippen LogP contribution in [0.5, 0.6) is 0 Å². The lowest BCUT2D eigenvalue weighted by molar-refractivity contribution is -0.134. The van der Waals surface area contributed by atoms with Crippen LogP contribution in [0.15, 0.2) is 18.2 Å². The van der Waals surface area contributed by atoms with E-state index in [9.17, 15) is 13.2 Å². The molecular formula is C15H20Cl2N2O3S. The fraction of sp³-hybridized carbons (Fsp3) is 0.533. The third-order valence-electron chi connectivity index (χ3n) is 3.96. The Kier molecular flexibility index (Phi) is 5.94. The first-order chi connectivity index (χ1) is 10.7. The van der Waals surface area contributed by atoms with Crippen LogP contribution < -0.4 is 0 Å². The summed E-state index contributed by atoms with van der Waals surface area (Å²) >= 11 is 12.1. The van der Waals surface area contributed by atoms with Gasteiger partial charge in [0.2, 0.25) is 15.9 Å². The number of piperidine rings is 1. The molecule has 1 aliphatic heterocycles. The van der Waals surface area contributed by atoms with Gasteiger partial charge < -0.3 is 4.90 Å². The Bertz CT molecular complexity index is 672. The van der Waals surface area contributed by atoms with Gasteiger partial charge in [0.05, 0.1) is 11.7 Å². The summed E-state index contributed by atoms with van der Waals surface area (Å²) in [6.45, 7) is 0.628. The summed E-state index contributed by atoms with van der Waals surface area (Å²) in [6.07, 6.45) is 1.37. The summed E-state index contributed by atoms with van der Waals surface area (Å²) in [5.41, 5.74) is 0.400. The fourth-order valence-electron chi connectivity index (χ4n) is 2.71. The van der Waals surface area contributed by atoms with Crippen LogP contribution in [0.3, 0.4) is 0 Å². The predicted octanol–water partition coefficient (Wildman–Crippen LogP) is 2.62. The quantitative estimate of drug-likeness (QED) is 0.808. The molecule has 1 aromatic carbocycles. The lowest BCUT2D eigenvalue weighted by Gasteiger charge is -2.32. The molecule has 1 atom stereocenters. The largest absolute Gasteiger partial charge is 0.349 e. The fourth-order valence-corrected chi connectivity index (χ4v) is 5.07. The van der Waals surface area contributed by atoms with E-state index >= 15 is 0 Å². The Hall–Kier alpha value is -0.820. The van der Waals surface area contributed by atoms with E-state index in [0.717, 1.165) is 0 Å². The van der Waals surface area contributed by atoms with Crippen LogP contribution in [-0.4, -0.2) is 50.7 Å². The van der Waals surface area contributed by atoms with E-state index in [4.69, 9.17) is 23.2 Å². The van der Waals surface area contributed by atoms with Gasteiger partial charge in [-0.25, -0.2) is 12.7 Å². The van der Waals surface area contributed by atoms with E-state index < -0.39 is 10.0 Å². The van der Waals surface area contributed by atoms with Crippen LogP contribution in [0.1, 0.15) is 18.4 Å². The van der Waals surface area contributed by atoms with E-state index in [1.807, 2.05) is 0 Å². The maximum Gasteiger partial charge on any atom is 0.226 e. The number of sulfonamides is 1. The summed E-state index contributed by atoms with van der Waals surface area (Å²) in [5, 5.41) is 0.665. The number of hydrogen-bond donors (Lipinski definition) is 0. The normalized spacial score (nSPS) is 19.6. The molecule has 0 spiro atoms. The zero-order valence-corrected chi connectivity index (χ0v) is 15.5. The number of hydrogen-bond acceptors (Lipinski definition) is 3. The van der Waals surface area contributed by atoms with E-state index in [-0.39, 0.29) is 24.1 Å². The second kappa shape index (κ2) is 7.38. The number of carbonyl (C=O) groups is 1. The number of amides is 1. The van der Waals surface area contributed by atoms with Crippen molar-refractivity contribution in [2.24, 2.45) is 5.92 Å². The third kappa shape index (κ3) is 4.38. The first kappa shape index (κ1) is 18.5. The summed E-state index contributed by atoms with van der Waals surface area (Å²) in [4.78, 5) is 13.6. The molecule has 2 rings (SSSR count). The van der Waals surface area contributed by atoms with E-state index in [0.29, 0.717) is 35.0 Å². The van der Waals surface area contributed by atoms with Gasteiger partial charge in [0.15, 0.2) is 0 Å². The van der Waals surface area contributed by atoms with Crippen molar-refractivity contribution in [1.82, 2.24) is 9.21 Å². The molecular weight excluding hydrogens is 359 g/mol. The summed E-state index contributed by atoms with van der Waals surface area (Å²) in [6, 6.07) is 4.91. The molecule has 8 heteroatoms. The molecule has 0 N–H and O–H groups in total. The monoisotopic (exact) mass is 378 g/mol. The van der Waals surface area contributed by atoms with Gasteiger partial charge in [-0.05, 0) is 25.0 Å². The summed E-state index contributed by atoms with van der Waals surface area (Å²) in [7, 11) is -0.220. The molecule has 1 saturated heterocycles. The van der Waals surface area contributed by atoms with Gasteiger partial charge in [0.1, 0.15) is 0 Å². The maximum atomic E-state index is 12.7. The Labute approximate surface area is 147 Å². The highest BCUT2D eigenvalue weighted by molar-refractivity contribution is 7.88. The minimum Gasteiger partial charge on any atom is -0.349 e. The minimum atomic E-state index is -3.58. The van der Waals surface area contributed by atoms with Crippen molar-refractivity contribution >= 4 is 39.1 Å². The molecule has 1 unspecified atom stereocenters. The van der Waals surface area contributed by atoms with Crippen molar-refractivity contribution in [3.63, 3.8) is 0 Å². The number of benzene rings is 1. The molecule has 1 fully saturated rings. The summed E-state index contributed by atoms with van der Waals surface area (Å²) < 4.78 is 26.7. The van der Waals surface area contributed by atoms with Crippen molar-refractivity contribution in [3.05, 3.63) is 33.8 Å². The van der Waals surface area contributed by atoms with E-state index in [2.05, 4.69) is 0 Å². The molecule has 0 radical (unpaired) electrons. The van der Waals surface area contributed by atoms with Crippen molar-refractivity contribution in [2.75, 3.05) is 27.2 Å². The molecule has 1 heterocycles. The SMILES string of the molecule is CN(C)C(=O)C1CCCN(S(=O)(=O)Cc2c(Cl)cccc2Cl)C1. The van der Waals surface area contributed by atoms with Gasteiger partial charge >= 0.3 is 0 Å². The average Bonchev–Trinajstić information content (AvgIpc) is 2.50. The van der Waals surface area contributed by atoms with Crippen LogP contribution >= 0.6 is 23.2 Å². The van der Waals surface area contributed by atoms with Gasteiger partial charge in [-0.1, -0.05) is 29.3 Å². The molecule has 1 amide bonds. The van der Waals surface area contributed by atoms with Crippen molar-refractivity contribution in [3.8, 4) is 0 Å². The summed E-state index contributed by atoms with van der Waals surface area (Å²) in [5.74, 6) is -0.593. The molecule has 0 bridgehead atoms. The zero-order valence-electron chi connectivity index (χ0n) is 13.1. The minimum absolute atomic E-state index is 0.0410. The lowest BCUT2D eigenvalue weighted by atomic mass is 9.98. The molecule has 128 valence electrons. The van der Waals surface area contributed by atoms with Crippen molar-refractivity contribution in [1.29, 1.82) is 0 Å². The van der Waals surface area contributed by atoms with Crippen LogP contribution in [0, 0.1) is 5.92 Å². The van der Waals surface area contributed by atoms with Gasteiger partial charge in [0.25, 0.3) is 0 Å². The zero-order chi connectivity index (χ0) is 17.2. The molecule has 1 aromatic rings. The Morgan fingerprint density at radius 1 is 1.30 bits per heavy atom. The topological polar surface area (TPSA) is 57.7 Å². The molecule has 0 aromatic heterocycles. The Morgan fingerprint density at radius 3 is 2.48 bits per heavy atom. The Morgan fingerprint density at radius 2 is 1.91 bits per heavy atom. The first-order valence-corrected chi connectivity index (χ1v) is 9.70. The Balaban J connectivity index is 2.18. The second-order valence-electron chi connectivity index (χ2n) is 5.89. The van der Waals surface area contributed by atoms with Crippen molar-refractivity contribution < 1.29 is 13.2 Å². The molecule has 23 heavy (non-hydrogen) atoms. The second-order valence-corrected chi connectivity index (χ2v) is 8.67. The number of nitrogens with zero attached hydrogens (tertiary/aromatic N) is 2.